The molecular formula is C20H24N4O. The summed E-state index contributed by atoms with van der Waals surface area (Å²) < 4.78 is 5.34. The molecule has 25 heavy (non-hydrogen) atoms. The minimum Gasteiger partial charge on any atom is -0.449 e. The van der Waals surface area contributed by atoms with Crippen molar-refractivity contribution in [3.63, 3.8) is 0 Å². The van der Waals surface area contributed by atoms with Gasteiger partial charge in [-0.3, -0.25) is 10.00 Å². The van der Waals surface area contributed by atoms with Gasteiger partial charge in [0.2, 0.25) is 0 Å². The number of rotatable bonds is 5. The van der Waals surface area contributed by atoms with E-state index in [0.29, 0.717) is 5.92 Å². The maximum Gasteiger partial charge on any atom is 0.191 e. The zero-order valence-corrected chi connectivity index (χ0v) is 14.6. The van der Waals surface area contributed by atoms with Crippen molar-refractivity contribution >= 4 is 0 Å². The number of oxazole rings is 1. The van der Waals surface area contributed by atoms with Crippen LogP contribution in [0.3, 0.4) is 0 Å². The van der Waals surface area contributed by atoms with Crippen LogP contribution in [0.4, 0.5) is 0 Å². The lowest BCUT2D eigenvalue weighted by Gasteiger charge is -2.32. The molecule has 1 atom stereocenters. The molecule has 1 N–H and O–H groups in total. The summed E-state index contributed by atoms with van der Waals surface area (Å²) in [6.45, 7) is 4.90. The van der Waals surface area contributed by atoms with E-state index in [4.69, 9.17) is 4.42 Å². The predicted octanol–water partition coefficient (Wildman–Crippen LogP) is 3.68. The molecule has 3 heterocycles. The fourth-order valence-corrected chi connectivity index (χ4v) is 3.78. The van der Waals surface area contributed by atoms with Crippen LogP contribution in [0.2, 0.25) is 0 Å². The summed E-state index contributed by atoms with van der Waals surface area (Å²) in [5.74, 6) is 1.24. The lowest BCUT2D eigenvalue weighted by atomic mass is 9.91. The Morgan fingerprint density at radius 1 is 1.28 bits per heavy atom. The van der Waals surface area contributed by atoms with Gasteiger partial charge in [-0.2, -0.15) is 5.10 Å². The molecule has 2 aromatic heterocycles. The zero-order chi connectivity index (χ0) is 17.1. The molecule has 1 saturated heterocycles. The number of likely N-dealkylation sites (tertiary alicyclic amines) is 1. The first-order chi connectivity index (χ1) is 12.3. The first-order valence-corrected chi connectivity index (χ1v) is 8.97. The molecule has 1 aromatic carbocycles. The van der Waals surface area contributed by atoms with Crippen molar-refractivity contribution < 1.29 is 4.42 Å². The van der Waals surface area contributed by atoms with Crippen LogP contribution < -0.4 is 0 Å². The summed E-state index contributed by atoms with van der Waals surface area (Å²) >= 11 is 0. The number of hydrogen-bond acceptors (Lipinski definition) is 4. The van der Waals surface area contributed by atoms with E-state index in [9.17, 15) is 0 Å². The summed E-state index contributed by atoms with van der Waals surface area (Å²) in [7, 11) is 0. The Balaban J connectivity index is 1.45. The number of nitrogens with zero attached hydrogens (tertiary/aromatic N) is 3. The Labute approximate surface area is 148 Å². The van der Waals surface area contributed by atoms with Crippen molar-refractivity contribution in [1.82, 2.24) is 20.1 Å². The van der Waals surface area contributed by atoms with Crippen molar-refractivity contribution in [2.45, 2.75) is 38.6 Å². The van der Waals surface area contributed by atoms with Crippen LogP contribution in [0.1, 0.15) is 47.2 Å². The highest BCUT2D eigenvalue weighted by atomic mass is 16.3. The third kappa shape index (κ3) is 3.82. The average molecular weight is 336 g/mol. The van der Waals surface area contributed by atoms with E-state index in [1.54, 1.807) is 6.26 Å². The van der Waals surface area contributed by atoms with Gasteiger partial charge < -0.3 is 4.42 Å². The second-order valence-electron chi connectivity index (χ2n) is 6.90. The Morgan fingerprint density at radius 2 is 2.16 bits per heavy atom. The average Bonchev–Trinajstić information content (AvgIpc) is 3.25. The highest BCUT2D eigenvalue weighted by Gasteiger charge is 2.25. The molecule has 0 saturated carbocycles. The van der Waals surface area contributed by atoms with E-state index in [1.807, 2.05) is 13.1 Å². The molecule has 0 unspecified atom stereocenters. The molecule has 1 aliphatic rings. The molecule has 1 fully saturated rings. The lowest BCUT2D eigenvalue weighted by Crippen LogP contribution is -2.34. The summed E-state index contributed by atoms with van der Waals surface area (Å²) in [6.07, 6.45) is 7.10. The zero-order valence-electron chi connectivity index (χ0n) is 14.6. The number of piperidine rings is 1. The van der Waals surface area contributed by atoms with Crippen LogP contribution in [-0.2, 0) is 13.0 Å². The van der Waals surface area contributed by atoms with Gasteiger partial charge in [0, 0.05) is 38.0 Å². The van der Waals surface area contributed by atoms with Crippen LogP contribution in [-0.4, -0.2) is 33.2 Å². The molecule has 0 aliphatic carbocycles. The number of aryl methyl sites for hydroxylation is 1. The number of aromatic amines is 1. The molecule has 130 valence electrons. The predicted molar refractivity (Wildman–Crippen MR) is 96.3 cm³/mol. The second-order valence-corrected chi connectivity index (χ2v) is 6.90. The number of aromatic nitrogens is 3. The third-order valence-corrected chi connectivity index (χ3v) is 4.95. The van der Waals surface area contributed by atoms with Crippen LogP contribution in [0, 0.1) is 6.92 Å². The first-order valence-electron chi connectivity index (χ1n) is 8.97. The first kappa shape index (κ1) is 16.1. The fraction of sp³-hybridized carbons (Fsp3) is 0.400. The van der Waals surface area contributed by atoms with Crippen LogP contribution in [0.15, 0.2) is 47.2 Å². The lowest BCUT2D eigenvalue weighted by molar-refractivity contribution is 0.196. The molecular weight excluding hydrogens is 312 g/mol. The minimum absolute atomic E-state index is 0.503. The standard InChI is InChI=1S/C20H24N4O/c1-15-22-19(14-25-15)13-24-9-5-8-17(12-24)20-18(11-21-23-20)10-16-6-3-2-4-7-16/h2-4,6-7,11,14,17H,5,8-10,12-13H2,1H3,(H,21,23)/t17-/m1/s1. The van der Waals surface area contributed by atoms with E-state index in [1.165, 1.54) is 29.7 Å². The van der Waals surface area contributed by atoms with E-state index >= 15 is 0 Å². The molecule has 4 rings (SSSR count). The molecule has 5 nitrogen and oxygen atoms in total. The Kier molecular flexibility index (Phi) is 4.65. The van der Waals surface area contributed by atoms with Crippen molar-refractivity contribution in [3.8, 4) is 0 Å². The molecule has 0 bridgehead atoms. The normalized spacial score (nSPS) is 18.5. The highest BCUT2D eigenvalue weighted by Crippen LogP contribution is 2.29. The summed E-state index contributed by atoms with van der Waals surface area (Å²) in [6, 6.07) is 10.6. The molecule has 0 amide bonds. The van der Waals surface area contributed by atoms with Gasteiger partial charge in [0.05, 0.1) is 11.9 Å². The van der Waals surface area contributed by atoms with Gasteiger partial charge in [-0.05, 0) is 30.5 Å². The topological polar surface area (TPSA) is 58.0 Å². The van der Waals surface area contributed by atoms with Gasteiger partial charge in [-0.15, -0.1) is 0 Å². The molecule has 1 aliphatic heterocycles. The van der Waals surface area contributed by atoms with Crippen LogP contribution in [0.5, 0.6) is 0 Å². The number of hydrogen-bond donors (Lipinski definition) is 1. The van der Waals surface area contributed by atoms with Gasteiger partial charge in [0.1, 0.15) is 6.26 Å². The van der Waals surface area contributed by atoms with Crippen molar-refractivity contribution in [2.24, 2.45) is 0 Å². The van der Waals surface area contributed by atoms with E-state index in [-0.39, 0.29) is 0 Å². The largest absolute Gasteiger partial charge is 0.449 e. The van der Waals surface area contributed by atoms with Crippen molar-refractivity contribution in [2.75, 3.05) is 13.1 Å². The van der Waals surface area contributed by atoms with Crippen molar-refractivity contribution in [3.05, 3.63) is 71.2 Å². The fourth-order valence-electron chi connectivity index (χ4n) is 3.78. The van der Waals surface area contributed by atoms with E-state index in [2.05, 4.69) is 50.4 Å². The summed E-state index contributed by atoms with van der Waals surface area (Å²) in [5, 5.41) is 7.61. The molecule has 3 aromatic rings. The van der Waals surface area contributed by atoms with Gasteiger partial charge in [0.25, 0.3) is 0 Å². The smallest absolute Gasteiger partial charge is 0.191 e. The minimum atomic E-state index is 0.503. The van der Waals surface area contributed by atoms with Gasteiger partial charge in [0.15, 0.2) is 5.89 Å². The quantitative estimate of drug-likeness (QED) is 0.772. The highest BCUT2D eigenvalue weighted by molar-refractivity contribution is 5.29. The summed E-state index contributed by atoms with van der Waals surface area (Å²) in [5.41, 5.74) is 4.96. The maximum absolute atomic E-state index is 5.34. The van der Waals surface area contributed by atoms with Gasteiger partial charge >= 0.3 is 0 Å². The van der Waals surface area contributed by atoms with Gasteiger partial charge in [-0.1, -0.05) is 30.3 Å². The summed E-state index contributed by atoms with van der Waals surface area (Å²) in [4.78, 5) is 6.91. The number of H-pyrrole nitrogens is 1. The Bertz CT molecular complexity index is 808. The third-order valence-electron chi connectivity index (χ3n) is 4.95. The maximum atomic E-state index is 5.34. The monoisotopic (exact) mass is 336 g/mol. The van der Waals surface area contributed by atoms with Crippen molar-refractivity contribution in [1.29, 1.82) is 0 Å². The number of nitrogens with one attached hydrogen (secondary N) is 1. The second kappa shape index (κ2) is 7.23. The molecule has 0 radical (unpaired) electrons. The van der Waals surface area contributed by atoms with E-state index in [0.717, 1.165) is 37.6 Å². The van der Waals surface area contributed by atoms with Crippen LogP contribution >= 0.6 is 0 Å². The molecule has 0 spiro atoms. The van der Waals surface area contributed by atoms with Gasteiger partial charge in [-0.25, -0.2) is 4.98 Å². The Morgan fingerprint density at radius 3 is 2.96 bits per heavy atom. The SMILES string of the molecule is Cc1nc(CN2CCC[C@@H](c3[nH]ncc3Cc3ccccc3)C2)co1. The molecule has 5 heteroatoms. The van der Waals surface area contributed by atoms with E-state index < -0.39 is 0 Å². The Hall–Kier alpha value is -2.40. The van der Waals surface area contributed by atoms with Crippen LogP contribution in [0.25, 0.3) is 0 Å². The number of benzene rings is 1.